The third-order valence-electron chi connectivity index (χ3n) is 6.49. The molecule has 1 aromatic carbocycles. The number of ketones is 1. The standard InChI is InChI=1S/C26H27N7O4/c1-16-30-15-31-33(16)24-22-21(20(37-2)14-28-24)19(13-27-22)23(34)26(36)32-10-8-17(9-11-32)12-29-25(35)18-6-4-3-5-7-18/h3-8,13-14,27,31H,9-12,15H2,1-2H3,(H,29,35). The van der Waals surface area contributed by atoms with Crippen molar-refractivity contribution in [3.8, 4) is 5.75 Å². The molecule has 2 aromatic heterocycles. The van der Waals surface area contributed by atoms with E-state index in [-0.39, 0.29) is 11.5 Å². The number of carbonyl (C=O) groups excluding carboxylic acids is 3. The Kier molecular flexibility index (Phi) is 6.69. The zero-order valence-electron chi connectivity index (χ0n) is 20.6. The molecule has 0 bridgehead atoms. The summed E-state index contributed by atoms with van der Waals surface area (Å²) >= 11 is 0. The average Bonchev–Trinajstić information content (AvgIpc) is 3.58. The van der Waals surface area contributed by atoms with Gasteiger partial charge in [0.05, 0.1) is 29.8 Å². The van der Waals surface area contributed by atoms with Gasteiger partial charge in [0.1, 0.15) is 18.3 Å². The van der Waals surface area contributed by atoms with Crippen LogP contribution in [0.15, 0.2) is 59.4 Å². The molecule has 0 fully saturated rings. The fourth-order valence-corrected chi connectivity index (χ4v) is 4.44. The lowest BCUT2D eigenvalue weighted by atomic mass is 10.0. The van der Waals surface area contributed by atoms with Gasteiger partial charge in [-0.2, -0.15) is 0 Å². The summed E-state index contributed by atoms with van der Waals surface area (Å²) in [6.07, 6.45) is 5.50. The van der Waals surface area contributed by atoms with Crippen molar-refractivity contribution in [1.82, 2.24) is 25.6 Å². The van der Waals surface area contributed by atoms with Crippen LogP contribution in [0.3, 0.4) is 0 Å². The van der Waals surface area contributed by atoms with Crippen molar-refractivity contribution >= 4 is 40.2 Å². The molecule has 0 aliphatic carbocycles. The molecule has 37 heavy (non-hydrogen) atoms. The molecule has 0 unspecified atom stereocenters. The highest BCUT2D eigenvalue weighted by Crippen LogP contribution is 2.34. The molecule has 2 amide bonds. The van der Waals surface area contributed by atoms with Crippen LogP contribution >= 0.6 is 0 Å². The minimum Gasteiger partial charge on any atom is -0.494 e. The van der Waals surface area contributed by atoms with Crippen LogP contribution in [0.2, 0.25) is 0 Å². The Morgan fingerprint density at radius 2 is 2.00 bits per heavy atom. The first-order chi connectivity index (χ1) is 18.0. The molecule has 0 saturated carbocycles. The van der Waals surface area contributed by atoms with E-state index in [2.05, 4.69) is 25.7 Å². The molecule has 190 valence electrons. The molecule has 11 nitrogen and oxygen atoms in total. The van der Waals surface area contributed by atoms with Crippen molar-refractivity contribution < 1.29 is 19.1 Å². The Bertz CT molecular complexity index is 1430. The van der Waals surface area contributed by atoms with E-state index < -0.39 is 11.7 Å². The lowest BCUT2D eigenvalue weighted by Gasteiger charge is -2.26. The number of nitrogens with zero attached hydrogens (tertiary/aromatic N) is 4. The first-order valence-electron chi connectivity index (χ1n) is 11.9. The summed E-state index contributed by atoms with van der Waals surface area (Å²) < 4.78 is 5.47. The Labute approximate surface area is 213 Å². The number of hydrogen-bond donors (Lipinski definition) is 3. The third-order valence-corrected chi connectivity index (χ3v) is 6.49. The van der Waals surface area contributed by atoms with Gasteiger partial charge < -0.3 is 19.9 Å². The number of hydrazine groups is 1. The average molecular weight is 502 g/mol. The topological polar surface area (TPSA) is 132 Å². The van der Waals surface area contributed by atoms with Crippen LogP contribution in [0.5, 0.6) is 5.75 Å². The summed E-state index contributed by atoms with van der Waals surface area (Å²) in [5.41, 5.74) is 5.50. The van der Waals surface area contributed by atoms with Gasteiger partial charge in [0.2, 0.25) is 0 Å². The molecule has 0 atom stereocenters. The highest BCUT2D eigenvalue weighted by molar-refractivity contribution is 6.45. The molecule has 0 saturated heterocycles. The summed E-state index contributed by atoms with van der Waals surface area (Å²) in [5.74, 6) is 0.276. The lowest BCUT2D eigenvalue weighted by Crippen LogP contribution is -2.40. The van der Waals surface area contributed by atoms with E-state index >= 15 is 0 Å². The van der Waals surface area contributed by atoms with Gasteiger partial charge in [-0.15, -0.1) is 0 Å². The monoisotopic (exact) mass is 501 g/mol. The summed E-state index contributed by atoms with van der Waals surface area (Å²) in [7, 11) is 1.49. The molecular weight excluding hydrogens is 474 g/mol. The van der Waals surface area contributed by atoms with Crippen molar-refractivity contribution in [3.63, 3.8) is 0 Å². The highest BCUT2D eigenvalue weighted by Gasteiger charge is 2.30. The van der Waals surface area contributed by atoms with Crippen LogP contribution in [0.1, 0.15) is 34.1 Å². The number of ether oxygens (including phenoxy) is 1. The maximum atomic E-state index is 13.3. The van der Waals surface area contributed by atoms with Crippen molar-refractivity contribution in [1.29, 1.82) is 0 Å². The van der Waals surface area contributed by atoms with Gasteiger partial charge in [-0.3, -0.25) is 19.4 Å². The molecule has 0 spiro atoms. The summed E-state index contributed by atoms with van der Waals surface area (Å²) in [6, 6.07) is 9.00. The van der Waals surface area contributed by atoms with Gasteiger partial charge in [-0.05, 0) is 25.5 Å². The fraction of sp³-hybridized carbons (Fsp3) is 0.269. The van der Waals surface area contributed by atoms with Crippen LogP contribution in [0.25, 0.3) is 10.9 Å². The third kappa shape index (κ3) is 4.68. The quantitative estimate of drug-likeness (QED) is 0.256. The van der Waals surface area contributed by atoms with Crippen molar-refractivity contribution in [2.45, 2.75) is 13.3 Å². The van der Waals surface area contributed by atoms with Gasteiger partial charge in [0, 0.05) is 31.4 Å². The van der Waals surface area contributed by atoms with Gasteiger partial charge in [-0.1, -0.05) is 29.8 Å². The van der Waals surface area contributed by atoms with Crippen molar-refractivity contribution in [2.24, 2.45) is 4.99 Å². The number of Topliss-reactive ketones (excluding diaryl/α,β-unsaturated/α-hetero) is 1. The number of amidine groups is 1. The van der Waals surface area contributed by atoms with E-state index in [9.17, 15) is 14.4 Å². The number of pyridine rings is 1. The highest BCUT2D eigenvalue weighted by atomic mass is 16.5. The van der Waals surface area contributed by atoms with E-state index in [1.807, 2.05) is 31.2 Å². The molecule has 3 aromatic rings. The number of aromatic nitrogens is 2. The number of hydrogen-bond acceptors (Lipinski definition) is 8. The Morgan fingerprint density at radius 1 is 1.19 bits per heavy atom. The number of rotatable bonds is 7. The van der Waals surface area contributed by atoms with Crippen LogP contribution in [0.4, 0.5) is 5.82 Å². The molecule has 2 aliphatic heterocycles. The van der Waals surface area contributed by atoms with Crippen LogP contribution in [0, 0.1) is 0 Å². The number of aliphatic imine (C=N–C) groups is 1. The number of benzene rings is 1. The number of nitrogens with one attached hydrogen (secondary N) is 3. The normalized spacial score (nSPS) is 15.4. The first-order valence-corrected chi connectivity index (χ1v) is 11.9. The summed E-state index contributed by atoms with van der Waals surface area (Å²) in [6.45, 7) is 3.35. The Balaban J connectivity index is 1.29. The number of H-pyrrole nitrogens is 1. The smallest absolute Gasteiger partial charge is 0.295 e. The van der Waals surface area contributed by atoms with Crippen molar-refractivity contribution in [2.75, 3.05) is 38.4 Å². The molecule has 5 rings (SSSR count). The molecule has 3 N–H and O–H groups in total. The maximum absolute atomic E-state index is 13.3. The Morgan fingerprint density at radius 3 is 2.68 bits per heavy atom. The zero-order valence-corrected chi connectivity index (χ0v) is 20.6. The second-order valence-electron chi connectivity index (χ2n) is 8.70. The molecule has 0 radical (unpaired) electrons. The van der Waals surface area contributed by atoms with Crippen molar-refractivity contribution in [3.05, 3.63) is 65.5 Å². The lowest BCUT2D eigenvalue weighted by molar-refractivity contribution is -0.126. The predicted octanol–water partition coefficient (Wildman–Crippen LogP) is 2.04. The van der Waals surface area contributed by atoms with E-state index in [4.69, 9.17) is 4.74 Å². The predicted molar refractivity (Wildman–Crippen MR) is 139 cm³/mol. The summed E-state index contributed by atoms with van der Waals surface area (Å²) in [4.78, 5) is 52.1. The van der Waals surface area contributed by atoms with Crippen LogP contribution in [-0.2, 0) is 4.79 Å². The van der Waals surface area contributed by atoms with Gasteiger partial charge in [0.25, 0.3) is 17.6 Å². The second kappa shape index (κ2) is 10.2. The largest absolute Gasteiger partial charge is 0.494 e. The number of anilines is 1. The number of amides is 2. The maximum Gasteiger partial charge on any atom is 0.295 e. The van der Waals surface area contributed by atoms with E-state index in [0.29, 0.717) is 60.8 Å². The number of carbonyl (C=O) groups is 3. The Hall–Kier alpha value is -4.51. The summed E-state index contributed by atoms with van der Waals surface area (Å²) in [5, 5.41) is 5.12. The van der Waals surface area contributed by atoms with Gasteiger partial charge in [0.15, 0.2) is 5.82 Å². The number of methoxy groups -OCH3 is 1. The zero-order chi connectivity index (χ0) is 25.9. The molecule has 4 heterocycles. The van der Waals surface area contributed by atoms with Crippen LogP contribution < -0.4 is 20.5 Å². The SMILES string of the molecule is COc1cnc(N2NCN=C2C)c2[nH]cc(C(=O)C(=O)N3CC=C(CNC(=O)c4ccccc4)CC3)c12. The van der Waals surface area contributed by atoms with Gasteiger partial charge in [-0.25, -0.2) is 15.4 Å². The van der Waals surface area contributed by atoms with E-state index in [1.54, 1.807) is 17.1 Å². The molecule has 2 aliphatic rings. The van der Waals surface area contributed by atoms with Crippen LogP contribution in [-0.4, -0.2) is 71.7 Å². The number of aromatic amines is 1. The first kappa shape index (κ1) is 24.2. The van der Waals surface area contributed by atoms with Gasteiger partial charge >= 0.3 is 0 Å². The van der Waals surface area contributed by atoms with E-state index in [1.165, 1.54) is 24.4 Å². The van der Waals surface area contributed by atoms with E-state index in [0.717, 1.165) is 11.4 Å². The molecule has 11 heteroatoms. The minimum atomic E-state index is -0.629. The number of fused-ring (bicyclic) bond motifs is 1. The second-order valence-corrected chi connectivity index (χ2v) is 8.70. The minimum absolute atomic E-state index is 0.150. The molecular formula is C26H27N7O4. The fourth-order valence-electron chi connectivity index (χ4n) is 4.44.